The van der Waals surface area contributed by atoms with E-state index in [9.17, 15) is 9.59 Å². The first-order chi connectivity index (χ1) is 11.6. The normalized spacial score (nSPS) is 15.3. The van der Waals surface area contributed by atoms with E-state index in [-0.39, 0.29) is 11.8 Å². The van der Waals surface area contributed by atoms with Crippen molar-refractivity contribution < 1.29 is 9.59 Å². The summed E-state index contributed by atoms with van der Waals surface area (Å²) in [4.78, 5) is 29.8. The second-order valence-electron chi connectivity index (χ2n) is 5.98. The van der Waals surface area contributed by atoms with Crippen LogP contribution in [0.4, 0.5) is 0 Å². The van der Waals surface area contributed by atoms with Crippen LogP contribution < -0.4 is 5.32 Å². The quantitative estimate of drug-likeness (QED) is 0.875. The lowest BCUT2D eigenvalue weighted by atomic mass is 10.0. The molecule has 1 aliphatic rings. The van der Waals surface area contributed by atoms with Crippen LogP contribution in [0, 0.1) is 0 Å². The Balaban J connectivity index is 1.75. The predicted molar refractivity (Wildman–Crippen MR) is 93.0 cm³/mol. The van der Waals surface area contributed by atoms with Gasteiger partial charge in [0, 0.05) is 25.7 Å². The van der Waals surface area contributed by atoms with E-state index < -0.39 is 6.04 Å². The summed E-state index contributed by atoms with van der Waals surface area (Å²) in [6, 6.07) is 10.7. The summed E-state index contributed by atoms with van der Waals surface area (Å²) in [5, 5.41) is 3.32. The van der Waals surface area contributed by atoms with Crippen LogP contribution in [0.5, 0.6) is 0 Å². The van der Waals surface area contributed by atoms with Gasteiger partial charge in [0.1, 0.15) is 11.7 Å². The molecule has 2 aromatic rings. The summed E-state index contributed by atoms with van der Waals surface area (Å²) in [6.07, 6.45) is 4.05. The molecule has 0 saturated carbocycles. The van der Waals surface area contributed by atoms with Gasteiger partial charge in [-0.3, -0.25) is 9.59 Å². The standard InChI is InChI=1S/C18H20ClN3O2/c19-14-11-15(20-12-14)17(23)21-16(10-13-6-2-1-3-7-13)18(24)22-8-4-5-9-22/h1-3,6-7,11-12,16,20H,4-5,8-10H2,(H,21,23)/t16-/m1/s1. The van der Waals surface area contributed by atoms with Gasteiger partial charge >= 0.3 is 0 Å². The van der Waals surface area contributed by atoms with Gasteiger partial charge in [0.25, 0.3) is 5.91 Å². The number of likely N-dealkylation sites (tertiary alicyclic amines) is 1. The van der Waals surface area contributed by atoms with E-state index in [2.05, 4.69) is 10.3 Å². The van der Waals surface area contributed by atoms with Gasteiger partial charge < -0.3 is 15.2 Å². The zero-order valence-electron chi connectivity index (χ0n) is 13.3. The zero-order valence-corrected chi connectivity index (χ0v) is 14.1. The monoisotopic (exact) mass is 345 g/mol. The number of H-pyrrole nitrogens is 1. The first-order valence-corrected chi connectivity index (χ1v) is 8.49. The summed E-state index contributed by atoms with van der Waals surface area (Å²) >= 11 is 5.85. The van der Waals surface area contributed by atoms with Gasteiger partial charge in [0.2, 0.25) is 5.91 Å². The Morgan fingerprint density at radius 3 is 2.54 bits per heavy atom. The van der Waals surface area contributed by atoms with Gasteiger partial charge in [-0.1, -0.05) is 41.9 Å². The van der Waals surface area contributed by atoms with E-state index in [1.165, 1.54) is 0 Å². The fourth-order valence-electron chi connectivity index (χ4n) is 2.94. The maximum atomic E-state index is 12.8. The van der Waals surface area contributed by atoms with Crippen molar-refractivity contribution in [1.82, 2.24) is 15.2 Å². The van der Waals surface area contributed by atoms with Crippen LogP contribution in [-0.4, -0.2) is 40.8 Å². The number of aromatic nitrogens is 1. The zero-order chi connectivity index (χ0) is 16.9. The van der Waals surface area contributed by atoms with E-state index in [0.29, 0.717) is 17.1 Å². The number of benzene rings is 1. The first-order valence-electron chi connectivity index (χ1n) is 8.11. The van der Waals surface area contributed by atoms with Crippen LogP contribution in [0.25, 0.3) is 0 Å². The lowest BCUT2D eigenvalue weighted by Crippen LogP contribution is -2.49. The van der Waals surface area contributed by atoms with Gasteiger partial charge in [-0.2, -0.15) is 0 Å². The average molecular weight is 346 g/mol. The molecule has 24 heavy (non-hydrogen) atoms. The molecule has 0 radical (unpaired) electrons. The minimum atomic E-state index is -0.583. The second kappa shape index (κ2) is 7.53. The van der Waals surface area contributed by atoms with Gasteiger partial charge in [-0.25, -0.2) is 0 Å². The highest BCUT2D eigenvalue weighted by Gasteiger charge is 2.28. The van der Waals surface area contributed by atoms with Crippen molar-refractivity contribution in [1.29, 1.82) is 0 Å². The van der Waals surface area contributed by atoms with Crippen molar-refractivity contribution in [3.8, 4) is 0 Å². The van der Waals surface area contributed by atoms with E-state index in [4.69, 9.17) is 11.6 Å². The van der Waals surface area contributed by atoms with Gasteiger partial charge in [0.15, 0.2) is 0 Å². The molecule has 2 heterocycles. The fourth-order valence-corrected chi connectivity index (χ4v) is 3.11. The molecule has 5 nitrogen and oxygen atoms in total. The van der Waals surface area contributed by atoms with Crippen molar-refractivity contribution in [2.75, 3.05) is 13.1 Å². The first kappa shape index (κ1) is 16.6. The summed E-state index contributed by atoms with van der Waals surface area (Å²) in [6.45, 7) is 1.52. The van der Waals surface area contributed by atoms with Crippen LogP contribution in [-0.2, 0) is 11.2 Å². The van der Waals surface area contributed by atoms with Crippen molar-refractivity contribution in [3.05, 3.63) is 58.9 Å². The number of carbonyl (C=O) groups is 2. The smallest absolute Gasteiger partial charge is 0.268 e. The maximum absolute atomic E-state index is 12.8. The highest BCUT2D eigenvalue weighted by atomic mass is 35.5. The summed E-state index contributed by atoms with van der Waals surface area (Å²) in [7, 11) is 0. The average Bonchev–Trinajstić information content (AvgIpc) is 3.26. The molecule has 0 unspecified atom stereocenters. The number of nitrogens with one attached hydrogen (secondary N) is 2. The molecule has 126 valence electrons. The number of amides is 2. The molecule has 0 bridgehead atoms. The van der Waals surface area contributed by atoms with Crippen LogP contribution in [0.3, 0.4) is 0 Å². The molecule has 3 rings (SSSR count). The van der Waals surface area contributed by atoms with Crippen molar-refractivity contribution in [2.24, 2.45) is 0 Å². The third-order valence-corrected chi connectivity index (χ3v) is 4.41. The Morgan fingerprint density at radius 1 is 1.21 bits per heavy atom. The molecule has 1 aromatic heterocycles. The largest absolute Gasteiger partial charge is 0.356 e. The number of halogens is 1. The summed E-state index contributed by atoms with van der Waals surface area (Å²) < 4.78 is 0. The van der Waals surface area contributed by atoms with E-state index >= 15 is 0 Å². The molecule has 0 spiro atoms. The van der Waals surface area contributed by atoms with E-state index in [0.717, 1.165) is 31.5 Å². The molecule has 0 aliphatic carbocycles. The fraction of sp³-hybridized carbons (Fsp3) is 0.333. The number of rotatable bonds is 5. The highest BCUT2D eigenvalue weighted by molar-refractivity contribution is 6.31. The van der Waals surface area contributed by atoms with Crippen molar-refractivity contribution >= 4 is 23.4 Å². The molecule has 1 saturated heterocycles. The molecule has 1 aliphatic heterocycles. The highest BCUT2D eigenvalue weighted by Crippen LogP contribution is 2.14. The Kier molecular flexibility index (Phi) is 5.20. The van der Waals surface area contributed by atoms with E-state index in [1.54, 1.807) is 12.3 Å². The SMILES string of the molecule is O=C(N[C@H](Cc1ccccc1)C(=O)N1CCCC1)c1cc(Cl)c[nH]1. The number of aromatic amines is 1. The Labute approximate surface area is 146 Å². The number of hydrogen-bond donors (Lipinski definition) is 2. The molecule has 2 amide bonds. The van der Waals surface area contributed by atoms with Gasteiger partial charge in [-0.05, 0) is 24.5 Å². The minimum Gasteiger partial charge on any atom is -0.356 e. The van der Waals surface area contributed by atoms with E-state index in [1.807, 2.05) is 35.2 Å². The van der Waals surface area contributed by atoms with Gasteiger partial charge in [-0.15, -0.1) is 0 Å². The van der Waals surface area contributed by atoms with Crippen LogP contribution in [0.15, 0.2) is 42.6 Å². The lowest BCUT2D eigenvalue weighted by molar-refractivity contribution is -0.132. The van der Waals surface area contributed by atoms with Crippen LogP contribution in [0.1, 0.15) is 28.9 Å². The molecule has 2 N–H and O–H groups in total. The number of carbonyl (C=O) groups excluding carboxylic acids is 2. The second-order valence-corrected chi connectivity index (χ2v) is 6.42. The van der Waals surface area contributed by atoms with Gasteiger partial charge in [0.05, 0.1) is 5.02 Å². The molecule has 1 atom stereocenters. The molecular formula is C18H20ClN3O2. The molecule has 1 aromatic carbocycles. The number of hydrogen-bond acceptors (Lipinski definition) is 2. The predicted octanol–water partition coefficient (Wildman–Crippen LogP) is 2.63. The molecule has 6 heteroatoms. The Morgan fingerprint density at radius 2 is 1.92 bits per heavy atom. The third-order valence-electron chi connectivity index (χ3n) is 4.20. The molecule has 1 fully saturated rings. The maximum Gasteiger partial charge on any atom is 0.268 e. The number of nitrogens with zero attached hydrogens (tertiary/aromatic N) is 1. The van der Waals surface area contributed by atoms with Crippen molar-refractivity contribution in [2.45, 2.75) is 25.3 Å². The topological polar surface area (TPSA) is 65.2 Å². The van der Waals surface area contributed by atoms with Crippen LogP contribution >= 0.6 is 11.6 Å². The summed E-state index contributed by atoms with van der Waals surface area (Å²) in [5.74, 6) is -0.349. The third kappa shape index (κ3) is 3.97. The minimum absolute atomic E-state index is 0.0256. The Bertz CT molecular complexity index is 708. The lowest BCUT2D eigenvalue weighted by Gasteiger charge is -2.24. The Hall–Kier alpha value is -2.27. The summed E-state index contributed by atoms with van der Waals surface area (Å²) in [5.41, 5.74) is 1.37. The van der Waals surface area contributed by atoms with Crippen LogP contribution in [0.2, 0.25) is 5.02 Å². The van der Waals surface area contributed by atoms with Crippen molar-refractivity contribution in [3.63, 3.8) is 0 Å². The molecular weight excluding hydrogens is 326 g/mol.